The quantitative estimate of drug-likeness (QED) is 0.721. The molecule has 0 aliphatic carbocycles. The van der Waals surface area contributed by atoms with Crippen molar-refractivity contribution in [3.63, 3.8) is 0 Å². The number of hydrogen-bond donors (Lipinski definition) is 0. The van der Waals surface area contributed by atoms with Gasteiger partial charge in [0.25, 0.3) is 6.43 Å². The van der Waals surface area contributed by atoms with Crippen molar-refractivity contribution >= 4 is 0 Å². The summed E-state index contributed by atoms with van der Waals surface area (Å²) in [6, 6.07) is 4.82. The number of rotatable bonds is 3. The molecule has 0 saturated heterocycles. The van der Waals surface area contributed by atoms with E-state index < -0.39 is 6.43 Å². The number of methoxy groups -OCH3 is 1. The Morgan fingerprint density at radius 2 is 1.86 bits per heavy atom. The zero-order chi connectivity index (χ0) is 10.7. The normalized spacial score (nSPS) is 11.1. The van der Waals surface area contributed by atoms with Gasteiger partial charge in [-0.1, -0.05) is 19.9 Å². The summed E-state index contributed by atoms with van der Waals surface area (Å²) in [5, 5.41) is 0. The van der Waals surface area contributed by atoms with Crippen molar-refractivity contribution in [1.82, 2.24) is 0 Å². The van der Waals surface area contributed by atoms with Gasteiger partial charge in [-0.2, -0.15) is 0 Å². The standard InChI is InChI=1S/C11H14F2O/c1-7(2)8-4-5-9(11(12)13)10(6-8)14-3/h4-7,11H,1-3H3. The van der Waals surface area contributed by atoms with Gasteiger partial charge in [-0.15, -0.1) is 0 Å². The predicted molar refractivity (Wildman–Crippen MR) is 52.0 cm³/mol. The van der Waals surface area contributed by atoms with Gasteiger partial charge in [0.2, 0.25) is 0 Å². The Morgan fingerprint density at radius 1 is 1.21 bits per heavy atom. The third kappa shape index (κ3) is 2.22. The third-order valence-electron chi connectivity index (χ3n) is 2.16. The number of ether oxygens (including phenoxy) is 1. The summed E-state index contributed by atoms with van der Waals surface area (Å²) in [5.41, 5.74) is 0.961. The molecule has 1 aromatic carbocycles. The van der Waals surface area contributed by atoms with Crippen LogP contribution < -0.4 is 4.74 Å². The Labute approximate surface area is 82.7 Å². The van der Waals surface area contributed by atoms with E-state index in [4.69, 9.17) is 4.74 Å². The van der Waals surface area contributed by atoms with Crippen LogP contribution in [0.4, 0.5) is 8.78 Å². The van der Waals surface area contributed by atoms with E-state index in [1.54, 1.807) is 12.1 Å². The molecule has 0 spiro atoms. The van der Waals surface area contributed by atoms with Crippen LogP contribution in [0.15, 0.2) is 18.2 Å². The largest absolute Gasteiger partial charge is 0.496 e. The zero-order valence-corrected chi connectivity index (χ0v) is 8.55. The molecule has 0 radical (unpaired) electrons. The first-order valence-corrected chi connectivity index (χ1v) is 4.52. The van der Waals surface area contributed by atoms with Crippen LogP contribution in [0.3, 0.4) is 0 Å². The minimum Gasteiger partial charge on any atom is -0.496 e. The Bertz CT molecular complexity index is 308. The van der Waals surface area contributed by atoms with Crippen LogP contribution in [-0.4, -0.2) is 7.11 Å². The van der Waals surface area contributed by atoms with Gasteiger partial charge in [-0.3, -0.25) is 0 Å². The van der Waals surface area contributed by atoms with Crippen LogP contribution in [-0.2, 0) is 0 Å². The van der Waals surface area contributed by atoms with E-state index in [0.29, 0.717) is 5.92 Å². The van der Waals surface area contributed by atoms with Gasteiger partial charge in [0.15, 0.2) is 0 Å². The first-order valence-electron chi connectivity index (χ1n) is 4.52. The van der Waals surface area contributed by atoms with E-state index in [-0.39, 0.29) is 11.3 Å². The minimum atomic E-state index is -2.48. The van der Waals surface area contributed by atoms with Crippen molar-refractivity contribution in [3.8, 4) is 5.75 Å². The van der Waals surface area contributed by atoms with Crippen LogP contribution in [0.5, 0.6) is 5.75 Å². The van der Waals surface area contributed by atoms with Crippen molar-refractivity contribution in [2.75, 3.05) is 7.11 Å². The lowest BCUT2D eigenvalue weighted by Gasteiger charge is -2.11. The monoisotopic (exact) mass is 200 g/mol. The molecule has 0 fully saturated rings. The molecule has 0 aliphatic rings. The SMILES string of the molecule is COc1cc(C(C)C)ccc1C(F)F. The number of benzene rings is 1. The molecule has 0 aliphatic heterocycles. The number of halogens is 2. The summed E-state index contributed by atoms with van der Waals surface area (Å²) < 4.78 is 29.9. The molecule has 0 atom stereocenters. The summed E-state index contributed by atoms with van der Waals surface area (Å²) in [6.07, 6.45) is -2.48. The molecule has 78 valence electrons. The molecule has 0 aromatic heterocycles. The Balaban J connectivity index is 3.11. The van der Waals surface area contributed by atoms with Crippen molar-refractivity contribution in [2.45, 2.75) is 26.2 Å². The molecule has 0 N–H and O–H groups in total. The first-order chi connectivity index (χ1) is 6.56. The molecule has 1 nitrogen and oxygen atoms in total. The number of hydrogen-bond acceptors (Lipinski definition) is 1. The predicted octanol–water partition coefficient (Wildman–Crippen LogP) is 3.76. The van der Waals surface area contributed by atoms with E-state index in [9.17, 15) is 8.78 Å². The van der Waals surface area contributed by atoms with Gasteiger partial charge >= 0.3 is 0 Å². The molecule has 0 amide bonds. The average molecular weight is 200 g/mol. The van der Waals surface area contributed by atoms with Crippen LogP contribution in [0, 0.1) is 0 Å². The van der Waals surface area contributed by atoms with Crippen molar-refractivity contribution in [3.05, 3.63) is 29.3 Å². The van der Waals surface area contributed by atoms with Crippen molar-refractivity contribution in [1.29, 1.82) is 0 Å². The molecular weight excluding hydrogens is 186 g/mol. The van der Waals surface area contributed by atoms with Gasteiger partial charge in [0.1, 0.15) is 5.75 Å². The molecule has 3 heteroatoms. The first kappa shape index (κ1) is 11.0. The molecule has 0 heterocycles. The maximum absolute atomic E-state index is 12.5. The maximum atomic E-state index is 12.5. The number of alkyl halides is 2. The molecule has 0 bridgehead atoms. The van der Waals surface area contributed by atoms with Gasteiger partial charge in [0.05, 0.1) is 12.7 Å². The fraction of sp³-hybridized carbons (Fsp3) is 0.455. The molecule has 0 saturated carbocycles. The van der Waals surface area contributed by atoms with E-state index in [1.807, 2.05) is 13.8 Å². The van der Waals surface area contributed by atoms with E-state index in [2.05, 4.69) is 0 Å². The van der Waals surface area contributed by atoms with Crippen molar-refractivity contribution < 1.29 is 13.5 Å². The Hall–Kier alpha value is -1.12. The van der Waals surface area contributed by atoms with E-state index >= 15 is 0 Å². The Morgan fingerprint density at radius 3 is 2.29 bits per heavy atom. The maximum Gasteiger partial charge on any atom is 0.267 e. The summed E-state index contributed by atoms with van der Waals surface area (Å²) in [4.78, 5) is 0. The highest BCUT2D eigenvalue weighted by Crippen LogP contribution is 2.31. The fourth-order valence-electron chi connectivity index (χ4n) is 1.27. The fourth-order valence-corrected chi connectivity index (χ4v) is 1.27. The Kier molecular flexibility index (Phi) is 3.44. The lowest BCUT2D eigenvalue weighted by molar-refractivity contribution is 0.147. The second-order valence-electron chi connectivity index (χ2n) is 3.46. The average Bonchev–Trinajstić information content (AvgIpc) is 2.16. The van der Waals surface area contributed by atoms with Crippen LogP contribution >= 0.6 is 0 Å². The van der Waals surface area contributed by atoms with E-state index in [0.717, 1.165) is 5.56 Å². The highest BCUT2D eigenvalue weighted by Gasteiger charge is 2.14. The second kappa shape index (κ2) is 4.40. The van der Waals surface area contributed by atoms with Gasteiger partial charge in [0, 0.05) is 0 Å². The van der Waals surface area contributed by atoms with Gasteiger partial charge in [-0.25, -0.2) is 8.78 Å². The second-order valence-corrected chi connectivity index (χ2v) is 3.46. The highest BCUT2D eigenvalue weighted by atomic mass is 19.3. The third-order valence-corrected chi connectivity index (χ3v) is 2.16. The molecule has 0 unspecified atom stereocenters. The molecular formula is C11H14F2O. The molecule has 14 heavy (non-hydrogen) atoms. The van der Waals surface area contributed by atoms with Gasteiger partial charge < -0.3 is 4.74 Å². The molecule has 1 rings (SSSR count). The summed E-state index contributed by atoms with van der Waals surface area (Å²) in [6.45, 7) is 4.02. The van der Waals surface area contributed by atoms with E-state index in [1.165, 1.54) is 13.2 Å². The smallest absolute Gasteiger partial charge is 0.267 e. The summed E-state index contributed by atoms with van der Waals surface area (Å²) in [5.74, 6) is 0.585. The summed E-state index contributed by atoms with van der Waals surface area (Å²) in [7, 11) is 1.41. The lowest BCUT2D eigenvalue weighted by Crippen LogP contribution is -1.95. The van der Waals surface area contributed by atoms with Gasteiger partial charge in [-0.05, 0) is 23.6 Å². The minimum absolute atomic E-state index is 0.0445. The zero-order valence-electron chi connectivity index (χ0n) is 8.55. The summed E-state index contributed by atoms with van der Waals surface area (Å²) >= 11 is 0. The van der Waals surface area contributed by atoms with Crippen LogP contribution in [0.25, 0.3) is 0 Å². The van der Waals surface area contributed by atoms with Crippen LogP contribution in [0.1, 0.15) is 37.3 Å². The molecule has 1 aromatic rings. The lowest BCUT2D eigenvalue weighted by atomic mass is 10.0. The van der Waals surface area contributed by atoms with Crippen LogP contribution in [0.2, 0.25) is 0 Å². The highest BCUT2D eigenvalue weighted by molar-refractivity contribution is 5.39. The topological polar surface area (TPSA) is 9.23 Å². The van der Waals surface area contributed by atoms with Crippen molar-refractivity contribution in [2.24, 2.45) is 0 Å².